The molecule has 0 saturated carbocycles. The fraction of sp³-hybridized carbons (Fsp3) is 0.226. The third kappa shape index (κ3) is 4.68. The van der Waals surface area contributed by atoms with Gasteiger partial charge in [-0.15, -0.1) is 0 Å². The zero-order valence-electron chi connectivity index (χ0n) is 21.6. The maximum absolute atomic E-state index is 5.04. The monoisotopic (exact) mass is 501 g/mol. The summed E-state index contributed by atoms with van der Waals surface area (Å²) in [5.74, 6) is 0. The smallest absolute Gasteiger partial charge is 0.135 e. The van der Waals surface area contributed by atoms with E-state index in [0.29, 0.717) is 0 Å². The average Bonchev–Trinajstić information content (AvgIpc) is 3.58. The summed E-state index contributed by atoms with van der Waals surface area (Å²) in [6, 6.07) is 14.7. The van der Waals surface area contributed by atoms with E-state index >= 15 is 0 Å². The summed E-state index contributed by atoms with van der Waals surface area (Å²) >= 11 is 0. The van der Waals surface area contributed by atoms with Crippen molar-refractivity contribution in [3.05, 3.63) is 84.3 Å². The lowest BCUT2D eigenvalue weighted by atomic mass is 10.0. The SMILES string of the molecule is C=N/C=C\C(=C/C)c1cccc2[nH]c(-c3n[nH]c4ccc(-c5cncc(CN6CCCCC6)c5)nc34)cc12. The lowest BCUT2D eigenvalue weighted by Crippen LogP contribution is -2.29. The van der Waals surface area contributed by atoms with Crippen molar-refractivity contribution in [1.82, 2.24) is 30.0 Å². The molecule has 7 nitrogen and oxygen atoms in total. The molecule has 1 fully saturated rings. The molecule has 1 saturated heterocycles. The molecule has 1 aliphatic rings. The maximum Gasteiger partial charge on any atom is 0.135 e. The standard InChI is InChI=1S/C31H31N7/c1-3-22(12-13-32-2)24-8-7-9-27-25(24)17-29(34-27)31-30-28(36-37-31)11-10-26(35-30)23-16-21(18-33-19-23)20-38-14-5-4-6-15-38/h3,7-13,16-19,34H,2,4-6,14-15,20H2,1H3,(H,36,37)/b13-12-,22-3+. The summed E-state index contributed by atoms with van der Waals surface area (Å²) in [7, 11) is 0. The lowest BCUT2D eigenvalue weighted by molar-refractivity contribution is 0.220. The number of rotatable bonds is 7. The molecule has 6 rings (SSSR count). The van der Waals surface area contributed by atoms with Crippen LogP contribution in [-0.4, -0.2) is 49.9 Å². The highest BCUT2D eigenvalue weighted by atomic mass is 15.1. The fourth-order valence-corrected chi connectivity index (χ4v) is 5.35. The van der Waals surface area contributed by atoms with Crippen LogP contribution in [0.5, 0.6) is 0 Å². The molecule has 7 heteroatoms. The van der Waals surface area contributed by atoms with Crippen LogP contribution < -0.4 is 0 Å². The van der Waals surface area contributed by atoms with E-state index < -0.39 is 0 Å². The van der Waals surface area contributed by atoms with Gasteiger partial charge in [-0.2, -0.15) is 5.10 Å². The summed E-state index contributed by atoms with van der Waals surface area (Å²) in [6.07, 6.45) is 13.5. The Kier molecular flexibility index (Phi) is 6.67. The molecule has 190 valence electrons. The first-order valence-corrected chi connectivity index (χ1v) is 13.2. The summed E-state index contributed by atoms with van der Waals surface area (Å²) in [4.78, 5) is 19.5. The number of hydrogen-bond acceptors (Lipinski definition) is 5. The quantitative estimate of drug-likeness (QED) is 0.190. The number of nitrogens with one attached hydrogen (secondary N) is 2. The molecule has 2 N–H and O–H groups in total. The first-order chi connectivity index (χ1) is 18.7. The van der Waals surface area contributed by atoms with Crippen LogP contribution in [-0.2, 0) is 6.54 Å². The molecule has 5 heterocycles. The molecule has 38 heavy (non-hydrogen) atoms. The van der Waals surface area contributed by atoms with Gasteiger partial charge in [0.05, 0.1) is 16.9 Å². The second-order valence-electron chi connectivity index (χ2n) is 9.78. The second-order valence-corrected chi connectivity index (χ2v) is 9.78. The largest absolute Gasteiger partial charge is 0.353 e. The predicted molar refractivity (Wildman–Crippen MR) is 156 cm³/mol. The van der Waals surface area contributed by atoms with Crippen LogP contribution in [0.1, 0.15) is 37.3 Å². The van der Waals surface area contributed by atoms with Gasteiger partial charge in [0, 0.05) is 41.6 Å². The highest BCUT2D eigenvalue weighted by Gasteiger charge is 2.16. The molecule has 1 aliphatic heterocycles. The van der Waals surface area contributed by atoms with Crippen LogP contribution in [0, 0.1) is 0 Å². The molecule has 0 bridgehead atoms. The number of H-pyrrole nitrogens is 2. The van der Waals surface area contributed by atoms with E-state index in [1.165, 1.54) is 24.8 Å². The van der Waals surface area contributed by atoms with Crippen molar-refractivity contribution in [2.24, 2.45) is 4.99 Å². The Labute approximate surface area is 222 Å². The van der Waals surface area contributed by atoms with Crippen molar-refractivity contribution < 1.29 is 0 Å². The number of benzene rings is 1. The van der Waals surface area contributed by atoms with E-state index in [9.17, 15) is 0 Å². The van der Waals surface area contributed by atoms with Gasteiger partial charge in [0.1, 0.15) is 11.2 Å². The number of pyridine rings is 2. The number of aromatic amines is 2. The molecule has 4 aromatic heterocycles. The first kappa shape index (κ1) is 24.0. The molecular formula is C31H31N7. The molecule has 1 aromatic carbocycles. The number of piperidine rings is 1. The Bertz CT molecular complexity index is 1660. The molecule has 0 spiro atoms. The topological polar surface area (TPSA) is 85.8 Å². The van der Waals surface area contributed by atoms with Crippen molar-refractivity contribution in [3.63, 3.8) is 0 Å². The second kappa shape index (κ2) is 10.6. The lowest BCUT2D eigenvalue weighted by Gasteiger charge is -2.26. The van der Waals surface area contributed by atoms with Crippen LogP contribution in [0.25, 0.3) is 50.2 Å². The van der Waals surface area contributed by atoms with Gasteiger partial charge in [-0.3, -0.25) is 20.0 Å². The summed E-state index contributed by atoms with van der Waals surface area (Å²) in [6.45, 7) is 8.84. The number of hydrogen-bond donors (Lipinski definition) is 2. The molecule has 5 aromatic rings. The molecule has 0 unspecified atom stereocenters. The normalized spacial score (nSPS) is 15.1. The van der Waals surface area contributed by atoms with Gasteiger partial charge in [-0.1, -0.05) is 24.6 Å². The Balaban J connectivity index is 1.36. The number of fused-ring (bicyclic) bond motifs is 2. The van der Waals surface area contributed by atoms with E-state index in [4.69, 9.17) is 4.98 Å². The van der Waals surface area contributed by atoms with Crippen molar-refractivity contribution in [1.29, 1.82) is 0 Å². The molecule has 0 radical (unpaired) electrons. The van der Waals surface area contributed by atoms with E-state index in [0.717, 1.165) is 75.4 Å². The maximum atomic E-state index is 5.04. The van der Waals surface area contributed by atoms with Crippen LogP contribution in [0.15, 0.2) is 78.2 Å². The van der Waals surface area contributed by atoms with Crippen LogP contribution in [0.4, 0.5) is 0 Å². The van der Waals surface area contributed by atoms with Crippen LogP contribution in [0.3, 0.4) is 0 Å². The Morgan fingerprint density at radius 1 is 1.08 bits per heavy atom. The first-order valence-electron chi connectivity index (χ1n) is 13.2. The minimum absolute atomic E-state index is 0.798. The minimum Gasteiger partial charge on any atom is -0.353 e. The summed E-state index contributed by atoms with van der Waals surface area (Å²) < 4.78 is 0. The fourth-order valence-electron chi connectivity index (χ4n) is 5.35. The van der Waals surface area contributed by atoms with Crippen LogP contribution in [0.2, 0.25) is 0 Å². The number of aliphatic imine (C=N–C) groups is 1. The molecule has 0 aliphatic carbocycles. The third-order valence-electron chi connectivity index (χ3n) is 7.25. The predicted octanol–water partition coefficient (Wildman–Crippen LogP) is 6.77. The van der Waals surface area contributed by atoms with Gasteiger partial charge in [0.25, 0.3) is 0 Å². The van der Waals surface area contributed by atoms with E-state index in [1.54, 1.807) is 6.20 Å². The Morgan fingerprint density at radius 3 is 2.82 bits per heavy atom. The van der Waals surface area contributed by atoms with Gasteiger partial charge < -0.3 is 4.98 Å². The highest BCUT2D eigenvalue weighted by Crippen LogP contribution is 2.33. The van der Waals surface area contributed by atoms with Crippen LogP contribution >= 0.6 is 0 Å². The number of nitrogens with zero attached hydrogens (tertiary/aromatic N) is 5. The van der Waals surface area contributed by atoms with Crippen molar-refractivity contribution in [2.75, 3.05) is 13.1 Å². The number of allylic oxidation sites excluding steroid dienone is 3. The van der Waals surface area contributed by atoms with Crippen molar-refractivity contribution in [3.8, 4) is 22.6 Å². The highest BCUT2D eigenvalue weighted by molar-refractivity contribution is 5.99. The van der Waals surface area contributed by atoms with Gasteiger partial charge in [-0.25, -0.2) is 4.98 Å². The Hall–Kier alpha value is -4.36. The van der Waals surface area contributed by atoms with Gasteiger partial charge in [0.2, 0.25) is 0 Å². The van der Waals surface area contributed by atoms with Gasteiger partial charge in [0.15, 0.2) is 0 Å². The average molecular weight is 502 g/mol. The van der Waals surface area contributed by atoms with Crippen molar-refractivity contribution in [2.45, 2.75) is 32.7 Å². The Morgan fingerprint density at radius 2 is 1.97 bits per heavy atom. The number of aromatic nitrogens is 5. The van der Waals surface area contributed by atoms with Gasteiger partial charge >= 0.3 is 0 Å². The minimum atomic E-state index is 0.798. The number of likely N-dealkylation sites (tertiary alicyclic amines) is 1. The molecule has 0 amide bonds. The summed E-state index contributed by atoms with van der Waals surface area (Å²) in [5, 5.41) is 8.91. The zero-order valence-corrected chi connectivity index (χ0v) is 21.6. The van der Waals surface area contributed by atoms with Gasteiger partial charge in [-0.05, 0) is 92.7 Å². The molecule has 0 atom stereocenters. The van der Waals surface area contributed by atoms with Crippen molar-refractivity contribution >= 4 is 34.2 Å². The molecular weight excluding hydrogens is 470 g/mol. The summed E-state index contributed by atoms with van der Waals surface area (Å²) in [5.41, 5.74) is 9.83. The van der Waals surface area contributed by atoms with E-state index in [-0.39, 0.29) is 0 Å². The zero-order chi connectivity index (χ0) is 25.9. The van der Waals surface area contributed by atoms with E-state index in [2.05, 4.69) is 73.2 Å². The van der Waals surface area contributed by atoms with E-state index in [1.807, 2.05) is 37.5 Å². The third-order valence-corrected chi connectivity index (χ3v) is 7.25.